The highest BCUT2D eigenvalue weighted by Crippen LogP contribution is 2.35. The fourth-order valence-electron chi connectivity index (χ4n) is 3.17. The van der Waals surface area contributed by atoms with Crippen LogP contribution >= 0.6 is 0 Å². The molecular weight excluding hydrogens is 239 g/mol. The van der Waals surface area contributed by atoms with E-state index in [1.807, 2.05) is 12.1 Å². The van der Waals surface area contributed by atoms with E-state index in [1.54, 1.807) is 0 Å². The minimum atomic E-state index is -0.211. The average Bonchev–Trinajstić information content (AvgIpc) is 2.45. The van der Waals surface area contributed by atoms with Crippen LogP contribution in [-0.4, -0.2) is 23.5 Å². The highest BCUT2D eigenvalue weighted by Gasteiger charge is 2.38. The zero-order chi connectivity index (χ0) is 14.5. The van der Waals surface area contributed by atoms with Crippen molar-refractivity contribution in [1.82, 2.24) is 4.90 Å². The zero-order valence-corrected chi connectivity index (χ0v) is 12.6. The third kappa shape index (κ3) is 3.15. The van der Waals surface area contributed by atoms with Crippen molar-refractivity contribution in [1.29, 1.82) is 0 Å². The number of halogens is 1. The predicted octanol–water partition coefficient (Wildman–Crippen LogP) is 3.73. The molecule has 19 heavy (non-hydrogen) atoms. The monoisotopic (exact) mass is 266 g/mol. The van der Waals surface area contributed by atoms with E-state index in [-0.39, 0.29) is 17.4 Å². The zero-order valence-electron chi connectivity index (χ0n) is 12.6. The maximum absolute atomic E-state index is 13.1. The molecule has 0 aliphatic carbocycles. The summed E-state index contributed by atoms with van der Waals surface area (Å²) in [5.74, 6) is -0.211. The van der Waals surface area contributed by atoms with E-state index in [0.717, 1.165) is 31.5 Å². The molecule has 0 radical (unpaired) electrons. The molecule has 108 valence electrons. The highest BCUT2D eigenvalue weighted by molar-refractivity contribution is 5.23. The minimum Gasteiger partial charge on any atom is -0.322 e. The molecule has 1 atom stereocenters. The van der Waals surface area contributed by atoms with Gasteiger partial charge >= 0.3 is 0 Å². The molecule has 1 unspecified atom stereocenters. The molecule has 2 N–H and O–H groups in total. The average molecular weight is 266 g/mol. The SMILES string of the molecule is CCN(CC)C(CC)(CC)C(N)c1ccc(F)cc1. The summed E-state index contributed by atoms with van der Waals surface area (Å²) < 4.78 is 13.1. The lowest BCUT2D eigenvalue weighted by Gasteiger charge is -2.46. The Bertz CT molecular complexity index is 367. The quantitative estimate of drug-likeness (QED) is 0.815. The number of rotatable bonds is 7. The molecular formula is C16H27FN2. The van der Waals surface area contributed by atoms with Crippen LogP contribution in [0.4, 0.5) is 4.39 Å². The normalized spacial score (nSPS) is 13.8. The van der Waals surface area contributed by atoms with Crippen LogP contribution in [0.25, 0.3) is 0 Å². The van der Waals surface area contributed by atoms with Gasteiger partial charge < -0.3 is 5.73 Å². The standard InChI is InChI=1S/C16H27FN2/c1-5-16(6-2,19(7-3)8-4)15(18)13-9-11-14(17)12-10-13/h9-12,15H,5-8,18H2,1-4H3. The van der Waals surface area contributed by atoms with Gasteiger partial charge in [-0.1, -0.05) is 39.8 Å². The van der Waals surface area contributed by atoms with Crippen molar-refractivity contribution in [2.45, 2.75) is 52.1 Å². The van der Waals surface area contributed by atoms with Crippen LogP contribution in [0.3, 0.4) is 0 Å². The van der Waals surface area contributed by atoms with E-state index >= 15 is 0 Å². The number of likely N-dealkylation sites (N-methyl/N-ethyl adjacent to an activating group) is 1. The lowest BCUT2D eigenvalue weighted by atomic mass is 9.79. The number of nitrogens with zero attached hydrogens (tertiary/aromatic N) is 1. The third-order valence-corrected chi connectivity index (χ3v) is 4.43. The van der Waals surface area contributed by atoms with E-state index in [2.05, 4.69) is 32.6 Å². The Morgan fingerprint density at radius 3 is 1.89 bits per heavy atom. The molecule has 1 aromatic carbocycles. The molecule has 2 nitrogen and oxygen atoms in total. The summed E-state index contributed by atoms with van der Waals surface area (Å²) in [6, 6.07) is 6.51. The number of hydrogen-bond acceptors (Lipinski definition) is 2. The second kappa shape index (κ2) is 7.01. The van der Waals surface area contributed by atoms with Gasteiger partial charge in [-0.3, -0.25) is 4.90 Å². The van der Waals surface area contributed by atoms with Gasteiger partial charge in [0.1, 0.15) is 5.82 Å². The molecule has 0 amide bonds. The Labute approximate surface area is 116 Å². The Hall–Kier alpha value is -0.930. The van der Waals surface area contributed by atoms with Crippen LogP contribution in [-0.2, 0) is 0 Å². The van der Waals surface area contributed by atoms with Crippen molar-refractivity contribution < 1.29 is 4.39 Å². The summed E-state index contributed by atoms with van der Waals surface area (Å²) in [4.78, 5) is 2.43. The van der Waals surface area contributed by atoms with Gasteiger partial charge in [0.05, 0.1) is 0 Å². The van der Waals surface area contributed by atoms with Crippen LogP contribution in [0.15, 0.2) is 24.3 Å². The van der Waals surface area contributed by atoms with Gasteiger partial charge in [0.25, 0.3) is 0 Å². The smallest absolute Gasteiger partial charge is 0.123 e. The highest BCUT2D eigenvalue weighted by atomic mass is 19.1. The van der Waals surface area contributed by atoms with Crippen LogP contribution < -0.4 is 5.73 Å². The number of nitrogens with two attached hydrogens (primary N) is 1. The predicted molar refractivity (Wildman–Crippen MR) is 79.6 cm³/mol. The number of hydrogen-bond donors (Lipinski definition) is 1. The minimum absolute atomic E-state index is 0.0542. The Morgan fingerprint density at radius 1 is 1.05 bits per heavy atom. The van der Waals surface area contributed by atoms with E-state index < -0.39 is 0 Å². The van der Waals surface area contributed by atoms with Crippen LogP contribution in [0.5, 0.6) is 0 Å². The second-order valence-corrected chi connectivity index (χ2v) is 5.01. The van der Waals surface area contributed by atoms with Gasteiger partial charge in [-0.25, -0.2) is 4.39 Å². The summed E-state index contributed by atoms with van der Waals surface area (Å²) in [5, 5.41) is 0. The molecule has 0 spiro atoms. The maximum Gasteiger partial charge on any atom is 0.123 e. The maximum atomic E-state index is 13.1. The number of benzene rings is 1. The van der Waals surface area contributed by atoms with Crippen molar-refractivity contribution in [2.75, 3.05) is 13.1 Å². The van der Waals surface area contributed by atoms with Crippen LogP contribution in [0.2, 0.25) is 0 Å². The van der Waals surface area contributed by atoms with E-state index in [4.69, 9.17) is 5.73 Å². The molecule has 0 bridgehead atoms. The van der Waals surface area contributed by atoms with Gasteiger partial charge in [-0.15, -0.1) is 0 Å². The fraction of sp³-hybridized carbons (Fsp3) is 0.625. The summed E-state index contributed by atoms with van der Waals surface area (Å²) in [5.41, 5.74) is 7.49. The molecule has 0 aromatic heterocycles. The molecule has 0 saturated heterocycles. The summed E-state index contributed by atoms with van der Waals surface area (Å²) in [6.45, 7) is 10.7. The van der Waals surface area contributed by atoms with Crippen molar-refractivity contribution in [2.24, 2.45) is 5.73 Å². The molecule has 0 saturated carbocycles. The van der Waals surface area contributed by atoms with Gasteiger partial charge in [-0.05, 0) is 43.6 Å². The lowest BCUT2D eigenvalue weighted by Crippen LogP contribution is -2.54. The molecule has 1 rings (SSSR count). The Balaban J connectivity index is 3.13. The van der Waals surface area contributed by atoms with Crippen molar-refractivity contribution in [3.05, 3.63) is 35.6 Å². The van der Waals surface area contributed by atoms with Crippen molar-refractivity contribution in [3.8, 4) is 0 Å². The van der Waals surface area contributed by atoms with E-state index in [1.165, 1.54) is 12.1 Å². The first-order valence-electron chi connectivity index (χ1n) is 7.31. The van der Waals surface area contributed by atoms with Crippen molar-refractivity contribution >= 4 is 0 Å². The largest absolute Gasteiger partial charge is 0.322 e. The van der Waals surface area contributed by atoms with E-state index in [0.29, 0.717) is 0 Å². The molecule has 3 heteroatoms. The molecule has 0 aliphatic rings. The lowest BCUT2D eigenvalue weighted by molar-refractivity contribution is 0.0625. The fourth-order valence-corrected chi connectivity index (χ4v) is 3.17. The molecule has 0 heterocycles. The van der Waals surface area contributed by atoms with Crippen LogP contribution in [0.1, 0.15) is 52.1 Å². The summed E-state index contributed by atoms with van der Waals surface area (Å²) in [6.07, 6.45) is 1.98. The van der Waals surface area contributed by atoms with Gasteiger partial charge in [0.2, 0.25) is 0 Å². The Kier molecular flexibility index (Phi) is 5.95. The first kappa shape index (κ1) is 16.1. The van der Waals surface area contributed by atoms with Gasteiger partial charge in [0.15, 0.2) is 0 Å². The molecule has 1 aromatic rings. The Morgan fingerprint density at radius 2 is 1.53 bits per heavy atom. The first-order chi connectivity index (χ1) is 9.05. The van der Waals surface area contributed by atoms with E-state index in [9.17, 15) is 4.39 Å². The van der Waals surface area contributed by atoms with Crippen LogP contribution in [0, 0.1) is 5.82 Å². The van der Waals surface area contributed by atoms with Gasteiger partial charge in [-0.2, -0.15) is 0 Å². The first-order valence-corrected chi connectivity index (χ1v) is 7.31. The van der Waals surface area contributed by atoms with Crippen molar-refractivity contribution in [3.63, 3.8) is 0 Å². The molecule has 0 aliphatic heterocycles. The summed E-state index contributed by atoms with van der Waals surface area (Å²) in [7, 11) is 0. The topological polar surface area (TPSA) is 29.3 Å². The molecule has 0 fully saturated rings. The third-order valence-electron chi connectivity index (χ3n) is 4.43. The summed E-state index contributed by atoms with van der Waals surface area (Å²) >= 11 is 0. The second-order valence-electron chi connectivity index (χ2n) is 5.01. The van der Waals surface area contributed by atoms with Gasteiger partial charge in [0, 0.05) is 11.6 Å².